The molecule has 0 saturated heterocycles. The number of rotatable bonds is 1. The predicted molar refractivity (Wildman–Crippen MR) is 53.1 cm³/mol. The number of carbonyl (C=O) groups excluding carboxylic acids is 1. The Morgan fingerprint density at radius 2 is 2.46 bits per heavy atom. The fourth-order valence-corrected chi connectivity index (χ4v) is 1.09. The third kappa shape index (κ3) is 2.15. The Morgan fingerprint density at radius 1 is 1.77 bits per heavy atom. The van der Waals surface area contributed by atoms with E-state index in [2.05, 4.69) is 8.05 Å². The topological polar surface area (TPSA) is 63.0 Å². The molecule has 1 heterocycles. The van der Waals surface area contributed by atoms with E-state index in [4.69, 9.17) is 5.26 Å². The van der Waals surface area contributed by atoms with Gasteiger partial charge in [-0.3, -0.25) is 0 Å². The summed E-state index contributed by atoms with van der Waals surface area (Å²) in [5.74, 6) is -0.498. The lowest BCUT2D eigenvalue weighted by atomic mass is 10.2. The van der Waals surface area contributed by atoms with Gasteiger partial charge in [-0.1, -0.05) is 0 Å². The molecule has 0 spiro atoms. The smallest absolute Gasteiger partial charge is 0.366 e. The van der Waals surface area contributed by atoms with Gasteiger partial charge >= 0.3 is 5.97 Å². The van der Waals surface area contributed by atoms with Gasteiger partial charge in [0.05, 0.1) is 5.56 Å². The molecule has 0 unspecified atom stereocenters. The molecule has 13 heavy (non-hydrogen) atoms. The highest BCUT2D eigenvalue weighted by molar-refractivity contribution is 14.1. The van der Waals surface area contributed by atoms with E-state index in [1.54, 1.807) is 13.0 Å². The summed E-state index contributed by atoms with van der Waals surface area (Å²) in [5, 5.41) is 8.54. The van der Waals surface area contributed by atoms with Gasteiger partial charge in [0.1, 0.15) is 6.07 Å². The van der Waals surface area contributed by atoms with Gasteiger partial charge in [0.25, 0.3) is 0 Å². The molecule has 0 atom stereocenters. The first kappa shape index (κ1) is 9.92. The van der Waals surface area contributed by atoms with E-state index in [0.717, 1.165) is 0 Å². The van der Waals surface area contributed by atoms with Crippen LogP contribution in [0.3, 0.4) is 0 Å². The van der Waals surface area contributed by atoms with Crippen molar-refractivity contribution in [1.82, 2.24) is 4.98 Å². The number of pyridine rings is 1. The largest absolute Gasteiger partial charge is 0.390 e. The van der Waals surface area contributed by atoms with Crippen molar-refractivity contribution >= 4 is 29.0 Å². The summed E-state index contributed by atoms with van der Waals surface area (Å²) >= 11 is 1.50. The highest BCUT2D eigenvalue weighted by atomic mass is 127. The highest BCUT2D eigenvalue weighted by Gasteiger charge is 2.11. The number of hydrogen-bond donors (Lipinski definition) is 0. The van der Waals surface area contributed by atoms with Gasteiger partial charge in [-0.25, -0.2) is 9.78 Å². The molecule has 1 aromatic rings. The van der Waals surface area contributed by atoms with Crippen LogP contribution in [0.4, 0.5) is 0 Å². The van der Waals surface area contributed by atoms with E-state index in [0.29, 0.717) is 11.1 Å². The van der Waals surface area contributed by atoms with E-state index in [1.165, 1.54) is 29.2 Å². The Morgan fingerprint density at radius 3 is 2.92 bits per heavy atom. The third-order valence-electron chi connectivity index (χ3n) is 1.47. The first-order chi connectivity index (χ1) is 6.19. The second-order valence-electron chi connectivity index (χ2n) is 2.37. The van der Waals surface area contributed by atoms with Gasteiger partial charge in [-0.2, -0.15) is 5.26 Å². The molecule has 0 bridgehead atoms. The maximum absolute atomic E-state index is 11.1. The quantitative estimate of drug-likeness (QED) is 0.739. The Labute approximate surface area is 89.2 Å². The fourth-order valence-electron chi connectivity index (χ4n) is 0.886. The van der Waals surface area contributed by atoms with Crippen LogP contribution in [-0.4, -0.2) is 11.0 Å². The van der Waals surface area contributed by atoms with Gasteiger partial charge in [0.15, 0.2) is 28.7 Å². The van der Waals surface area contributed by atoms with Gasteiger partial charge in [-0.15, -0.1) is 0 Å². The molecule has 0 aliphatic rings. The zero-order chi connectivity index (χ0) is 9.84. The SMILES string of the molecule is Cc1cc(C#N)cnc1C(=O)OI. The lowest BCUT2D eigenvalue weighted by Gasteiger charge is -2.00. The first-order valence-electron chi connectivity index (χ1n) is 3.38. The van der Waals surface area contributed by atoms with Crippen molar-refractivity contribution in [2.45, 2.75) is 6.92 Å². The average Bonchev–Trinajstić information content (AvgIpc) is 2.16. The molecule has 0 amide bonds. The van der Waals surface area contributed by atoms with Gasteiger partial charge in [0.2, 0.25) is 0 Å². The predicted octanol–water partition coefficient (Wildman–Crippen LogP) is 1.77. The van der Waals surface area contributed by atoms with Crippen LogP contribution in [0.5, 0.6) is 0 Å². The fraction of sp³-hybridized carbons (Fsp3) is 0.125. The van der Waals surface area contributed by atoms with Crippen LogP contribution < -0.4 is 0 Å². The molecular weight excluding hydrogens is 283 g/mol. The van der Waals surface area contributed by atoms with Gasteiger partial charge < -0.3 is 3.07 Å². The van der Waals surface area contributed by atoms with Crippen molar-refractivity contribution in [2.24, 2.45) is 0 Å². The Balaban J connectivity index is 3.14. The molecule has 0 radical (unpaired) electrons. The van der Waals surface area contributed by atoms with Crippen LogP contribution in [0.15, 0.2) is 12.3 Å². The lowest BCUT2D eigenvalue weighted by molar-refractivity contribution is 0.0793. The minimum absolute atomic E-state index is 0.244. The lowest BCUT2D eigenvalue weighted by Crippen LogP contribution is -2.04. The molecule has 0 N–H and O–H groups in total. The second-order valence-corrected chi connectivity index (χ2v) is 2.81. The summed E-state index contributed by atoms with van der Waals surface area (Å²) in [6, 6.07) is 3.53. The first-order valence-corrected chi connectivity index (χ1v) is 4.26. The van der Waals surface area contributed by atoms with Crippen molar-refractivity contribution in [3.63, 3.8) is 0 Å². The third-order valence-corrected chi connectivity index (χ3v) is 1.87. The second kappa shape index (κ2) is 4.18. The van der Waals surface area contributed by atoms with Crippen LogP contribution in [0, 0.1) is 18.3 Å². The molecule has 0 aliphatic heterocycles. The maximum atomic E-state index is 11.1. The summed E-state index contributed by atoms with van der Waals surface area (Å²) in [4.78, 5) is 14.9. The Bertz CT molecular complexity index is 384. The maximum Gasteiger partial charge on any atom is 0.366 e. The number of halogens is 1. The van der Waals surface area contributed by atoms with Crippen molar-refractivity contribution in [1.29, 1.82) is 5.26 Å². The van der Waals surface area contributed by atoms with E-state index >= 15 is 0 Å². The molecule has 0 saturated carbocycles. The highest BCUT2D eigenvalue weighted by Crippen LogP contribution is 2.09. The standard InChI is InChI=1S/C8H5IN2O2/c1-5-2-6(3-10)4-11-7(5)8(12)13-9/h2,4H,1H3. The van der Waals surface area contributed by atoms with Gasteiger partial charge in [0, 0.05) is 6.20 Å². The van der Waals surface area contributed by atoms with Crippen LogP contribution >= 0.6 is 23.0 Å². The van der Waals surface area contributed by atoms with E-state index in [-0.39, 0.29) is 5.69 Å². The van der Waals surface area contributed by atoms with E-state index in [1.807, 2.05) is 6.07 Å². The molecule has 66 valence electrons. The Kier molecular flexibility index (Phi) is 3.19. The average molecular weight is 288 g/mol. The van der Waals surface area contributed by atoms with Crippen molar-refractivity contribution in [3.05, 3.63) is 29.1 Å². The van der Waals surface area contributed by atoms with Crippen molar-refractivity contribution in [2.75, 3.05) is 0 Å². The molecule has 4 nitrogen and oxygen atoms in total. The number of aromatic nitrogens is 1. The van der Waals surface area contributed by atoms with Crippen LogP contribution in [0.1, 0.15) is 21.6 Å². The zero-order valence-corrected chi connectivity index (χ0v) is 8.90. The summed E-state index contributed by atoms with van der Waals surface area (Å²) in [6.45, 7) is 1.71. The van der Waals surface area contributed by atoms with Crippen molar-refractivity contribution in [3.8, 4) is 6.07 Å². The van der Waals surface area contributed by atoms with Crippen LogP contribution in [0.25, 0.3) is 0 Å². The number of carbonyl (C=O) groups is 1. The minimum atomic E-state index is -0.498. The molecule has 0 aromatic carbocycles. The zero-order valence-electron chi connectivity index (χ0n) is 6.74. The molecule has 5 heteroatoms. The van der Waals surface area contributed by atoms with Crippen molar-refractivity contribution < 1.29 is 7.86 Å². The number of nitrogens with zero attached hydrogens (tertiary/aromatic N) is 2. The molecule has 1 aromatic heterocycles. The van der Waals surface area contributed by atoms with Crippen LogP contribution in [0.2, 0.25) is 0 Å². The molecule has 0 aliphatic carbocycles. The molecular formula is C8H5IN2O2. The Hall–Kier alpha value is -1.16. The monoisotopic (exact) mass is 288 g/mol. The summed E-state index contributed by atoms with van der Waals surface area (Å²) in [7, 11) is 0. The van der Waals surface area contributed by atoms with E-state index < -0.39 is 5.97 Å². The number of aryl methyl sites for hydroxylation is 1. The van der Waals surface area contributed by atoms with Crippen LogP contribution in [-0.2, 0) is 3.07 Å². The summed E-state index contributed by atoms with van der Waals surface area (Å²) in [6.07, 6.45) is 1.34. The number of hydrogen-bond acceptors (Lipinski definition) is 4. The normalized spacial score (nSPS) is 9.00. The molecule has 0 fully saturated rings. The number of nitriles is 1. The molecule has 1 rings (SSSR count). The summed E-state index contributed by atoms with van der Waals surface area (Å²) in [5.41, 5.74) is 1.32. The summed E-state index contributed by atoms with van der Waals surface area (Å²) < 4.78 is 4.48. The van der Waals surface area contributed by atoms with Gasteiger partial charge in [-0.05, 0) is 18.6 Å². The minimum Gasteiger partial charge on any atom is -0.390 e. The van der Waals surface area contributed by atoms with E-state index in [9.17, 15) is 4.79 Å².